The number of imide groups is 2. The van der Waals surface area contributed by atoms with Crippen LogP contribution in [-0.4, -0.2) is 57.1 Å². The summed E-state index contributed by atoms with van der Waals surface area (Å²) < 4.78 is 4.27. The molecule has 1 fully saturated rings. The summed E-state index contributed by atoms with van der Waals surface area (Å²) in [7, 11) is 2.48. The first kappa shape index (κ1) is 14.3. The molecule has 1 aliphatic rings. The van der Waals surface area contributed by atoms with Gasteiger partial charge < -0.3 is 0 Å². The van der Waals surface area contributed by atoms with Crippen LogP contribution in [-0.2, 0) is 9.59 Å². The molecule has 3 rings (SSSR count). The van der Waals surface area contributed by atoms with Gasteiger partial charge in [-0.15, -0.1) is 5.10 Å². The normalized spacial score (nSPS) is 16.7. The Bertz CT molecular complexity index is 806. The summed E-state index contributed by atoms with van der Waals surface area (Å²) in [4.78, 5) is 50.3. The highest BCUT2D eigenvalue weighted by Crippen LogP contribution is 2.26. The number of nitrogens with zero attached hydrogens (tertiary/aromatic N) is 4. The van der Waals surface area contributed by atoms with Gasteiger partial charge in [0.15, 0.2) is 11.7 Å². The van der Waals surface area contributed by atoms with Gasteiger partial charge in [0.2, 0.25) is 0 Å². The lowest BCUT2D eigenvalue weighted by atomic mass is 9.93. The van der Waals surface area contributed by atoms with Crippen LogP contribution in [0.1, 0.15) is 10.4 Å². The largest absolute Gasteiger partial charge is 0.332 e. The first-order valence-electron chi connectivity index (χ1n) is 6.28. The molecule has 0 saturated carbocycles. The van der Waals surface area contributed by atoms with Gasteiger partial charge in [0.1, 0.15) is 5.52 Å². The molecule has 0 bridgehead atoms. The van der Waals surface area contributed by atoms with Gasteiger partial charge in [0.05, 0.1) is 4.70 Å². The van der Waals surface area contributed by atoms with E-state index in [1.54, 1.807) is 12.1 Å². The maximum atomic E-state index is 12.7. The summed E-state index contributed by atoms with van der Waals surface area (Å²) in [6.07, 6.45) is 0. The lowest BCUT2D eigenvalue weighted by Crippen LogP contribution is -2.58. The van der Waals surface area contributed by atoms with E-state index < -0.39 is 29.5 Å². The molecule has 4 amide bonds. The molecule has 0 N–H and O–H groups in total. The van der Waals surface area contributed by atoms with Crippen LogP contribution in [0, 0.1) is 5.92 Å². The number of carbonyl (C=O) groups is 4. The number of amides is 4. The molecular weight excluding hydrogens is 308 g/mol. The van der Waals surface area contributed by atoms with Gasteiger partial charge in [-0.1, -0.05) is 10.6 Å². The number of Topliss-reactive ketones (excluding diaryl/α,β-unsaturated/α-hetero) is 1. The maximum absolute atomic E-state index is 12.7. The second-order valence-electron chi connectivity index (χ2n) is 4.80. The molecular formula is C13H10N4O4S. The average Bonchev–Trinajstić information content (AvgIpc) is 2.99. The Labute approximate surface area is 128 Å². The monoisotopic (exact) mass is 318 g/mol. The molecule has 0 radical (unpaired) electrons. The lowest BCUT2D eigenvalue weighted by Gasteiger charge is -2.32. The first-order valence-corrected chi connectivity index (χ1v) is 7.05. The van der Waals surface area contributed by atoms with Gasteiger partial charge in [-0.2, -0.15) is 0 Å². The molecule has 0 spiro atoms. The van der Waals surface area contributed by atoms with Crippen molar-refractivity contribution in [1.82, 2.24) is 19.4 Å². The minimum absolute atomic E-state index is 0.204. The van der Waals surface area contributed by atoms with Crippen molar-refractivity contribution in [1.29, 1.82) is 0 Å². The SMILES string of the molecule is CN1C(=O)C(C(=O)c2cccc3nnsc23)C(=O)N(C)C1=O. The van der Waals surface area contributed by atoms with Crippen LogP contribution in [0.2, 0.25) is 0 Å². The first-order chi connectivity index (χ1) is 10.4. The Morgan fingerprint density at radius 2 is 1.77 bits per heavy atom. The van der Waals surface area contributed by atoms with Crippen molar-refractivity contribution in [3.63, 3.8) is 0 Å². The minimum Gasteiger partial charge on any atom is -0.293 e. The number of benzene rings is 1. The smallest absolute Gasteiger partial charge is 0.293 e. The summed E-state index contributed by atoms with van der Waals surface area (Å²) in [6, 6.07) is 4.05. The molecule has 2 heterocycles. The zero-order chi connectivity index (χ0) is 16.0. The molecule has 1 aliphatic heterocycles. The molecule has 0 unspecified atom stereocenters. The average molecular weight is 318 g/mol. The highest BCUT2D eigenvalue weighted by Gasteiger charge is 2.47. The number of urea groups is 1. The third kappa shape index (κ3) is 1.90. The fourth-order valence-electron chi connectivity index (χ4n) is 2.29. The van der Waals surface area contributed by atoms with E-state index in [4.69, 9.17) is 0 Å². The molecule has 8 nitrogen and oxygen atoms in total. The minimum atomic E-state index is -1.56. The van der Waals surface area contributed by atoms with Gasteiger partial charge >= 0.3 is 6.03 Å². The Morgan fingerprint density at radius 1 is 1.14 bits per heavy atom. The number of barbiturate groups is 1. The summed E-state index contributed by atoms with van der Waals surface area (Å²) in [5.74, 6) is -3.86. The number of ketones is 1. The molecule has 2 aromatic rings. The quantitative estimate of drug-likeness (QED) is 0.592. The van der Waals surface area contributed by atoms with Crippen molar-refractivity contribution in [2.24, 2.45) is 5.92 Å². The van der Waals surface area contributed by atoms with Crippen LogP contribution in [0.15, 0.2) is 18.2 Å². The van der Waals surface area contributed by atoms with Gasteiger partial charge in [-0.05, 0) is 23.7 Å². The van der Waals surface area contributed by atoms with Crippen molar-refractivity contribution in [2.45, 2.75) is 0 Å². The second-order valence-corrected chi connectivity index (χ2v) is 5.56. The highest BCUT2D eigenvalue weighted by molar-refractivity contribution is 7.13. The number of rotatable bonds is 2. The van der Waals surface area contributed by atoms with Gasteiger partial charge in [-0.25, -0.2) is 4.79 Å². The van der Waals surface area contributed by atoms with E-state index in [1.807, 2.05) is 0 Å². The molecule has 22 heavy (non-hydrogen) atoms. The summed E-state index contributed by atoms with van der Waals surface area (Å²) in [5, 5.41) is 3.86. The standard InChI is InChI=1S/C13H10N4O4S/c1-16-11(19)8(12(20)17(2)13(16)21)9(18)6-4-3-5-7-10(6)22-15-14-7/h3-5,8H,1-2H3. The number of carbonyl (C=O) groups excluding carboxylic acids is 4. The third-order valence-electron chi connectivity index (χ3n) is 3.53. The Hall–Kier alpha value is -2.68. The van der Waals surface area contributed by atoms with Gasteiger partial charge in [-0.3, -0.25) is 24.2 Å². The highest BCUT2D eigenvalue weighted by atomic mass is 32.1. The fraction of sp³-hybridized carbons (Fsp3) is 0.231. The van der Waals surface area contributed by atoms with E-state index in [1.165, 1.54) is 20.2 Å². The third-order valence-corrected chi connectivity index (χ3v) is 4.31. The Balaban J connectivity index is 2.08. The molecule has 0 atom stereocenters. The fourth-order valence-corrected chi connectivity index (χ4v) is 2.96. The van der Waals surface area contributed by atoms with Crippen LogP contribution >= 0.6 is 11.5 Å². The number of aromatic nitrogens is 2. The van der Waals surface area contributed by atoms with E-state index >= 15 is 0 Å². The lowest BCUT2D eigenvalue weighted by molar-refractivity contribution is -0.145. The molecule has 1 saturated heterocycles. The van der Waals surface area contributed by atoms with Crippen molar-refractivity contribution >= 4 is 45.4 Å². The molecule has 1 aromatic carbocycles. The van der Waals surface area contributed by atoms with E-state index in [2.05, 4.69) is 9.59 Å². The molecule has 0 aliphatic carbocycles. The van der Waals surface area contributed by atoms with E-state index in [0.29, 0.717) is 10.2 Å². The van der Waals surface area contributed by atoms with Crippen LogP contribution in [0.4, 0.5) is 4.79 Å². The van der Waals surface area contributed by atoms with Gasteiger partial charge in [0.25, 0.3) is 11.8 Å². The molecule has 9 heteroatoms. The van der Waals surface area contributed by atoms with Crippen molar-refractivity contribution in [3.05, 3.63) is 23.8 Å². The van der Waals surface area contributed by atoms with E-state index in [-0.39, 0.29) is 5.56 Å². The number of hydrogen-bond acceptors (Lipinski definition) is 7. The van der Waals surface area contributed by atoms with Crippen LogP contribution in [0.5, 0.6) is 0 Å². The van der Waals surface area contributed by atoms with Crippen LogP contribution < -0.4 is 0 Å². The number of fused-ring (bicyclic) bond motifs is 1. The van der Waals surface area contributed by atoms with E-state index in [0.717, 1.165) is 21.3 Å². The van der Waals surface area contributed by atoms with Crippen LogP contribution in [0.25, 0.3) is 10.2 Å². The summed E-state index contributed by atoms with van der Waals surface area (Å²) in [5.41, 5.74) is 0.722. The van der Waals surface area contributed by atoms with E-state index in [9.17, 15) is 19.2 Å². The second kappa shape index (κ2) is 4.95. The van der Waals surface area contributed by atoms with Crippen molar-refractivity contribution in [2.75, 3.05) is 14.1 Å². The van der Waals surface area contributed by atoms with Crippen molar-refractivity contribution < 1.29 is 19.2 Å². The zero-order valence-electron chi connectivity index (χ0n) is 11.6. The zero-order valence-corrected chi connectivity index (χ0v) is 12.5. The summed E-state index contributed by atoms with van der Waals surface area (Å²) >= 11 is 1.01. The van der Waals surface area contributed by atoms with Crippen molar-refractivity contribution in [3.8, 4) is 0 Å². The molecule has 112 valence electrons. The topological polar surface area (TPSA) is 101 Å². The predicted octanol–water partition coefficient (Wildman–Crippen LogP) is 0.541. The Morgan fingerprint density at radius 3 is 2.41 bits per heavy atom. The number of hydrogen-bond donors (Lipinski definition) is 0. The Kier molecular flexibility index (Phi) is 3.21. The van der Waals surface area contributed by atoms with Gasteiger partial charge in [0, 0.05) is 19.7 Å². The summed E-state index contributed by atoms with van der Waals surface area (Å²) in [6.45, 7) is 0. The van der Waals surface area contributed by atoms with Crippen LogP contribution in [0.3, 0.4) is 0 Å². The predicted molar refractivity (Wildman–Crippen MR) is 76.2 cm³/mol. The maximum Gasteiger partial charge on any atom is 0.332 e. The molecule has 1 aromatic heterocycles.